The van der Waals surface area contributed by atoms with Crippen molar-refractivity contribution in [2.75, 3.05) is 5.32 Å². The lowest BCUT2D eigenvalue weighted by Crippen LogP contribution is -2.43. The number of nitriles is 1. The molecule has 2 aromatic rings. The van der Waals surface area contributed by atoms with E-state index in [1.54, 1.807) is 19.1 Å². The average molecular weight is 326 g/mol. The molecule has 0 unspecified atom stereocenters. The van der Waals surface area contributed by atoms with Gasteiger partial charge < -0.3 is 5.32 Å². The number of rotatable bonds is 4. The van der Waals surface area contributed by atoms with Gasteiger partial charge in [0.25, 0.3) is 5.56 Å². The molecule has 0 radical (unpaired) electrons. The van der Waals surface area contributed by atoms with Crippen molar-refractivity contribution < 1.29 is 4.79 Å². The van der Waals surface area contributed by atoms with Crippen molar-refractivity contribution in [3.05, 3.63) is 61.9 Å². The Labute approximate surface area is 138 Å². The van der Waals surface area contributed by atoms with Crippen molar-refractivity contribution in [2.24, 2.45) is 0 Å². The topological polar surface area (TPSA) is 96.9 Å². The third-order valence-electron chi connectivity index (χ3n) is 3.66. The number of hydrogen-bond donors (Lipinski definition) is 1. The number of hydrogen-bond acceptors (Lipinski definition) is 4. The average Bonchev–Trinajstić information content (AvgIpc) is 2.54. The van der Waals surface area contributed by atoms with E-state index in [-0.39, 0.29) is 5.56 Å². The molecule has 7 nitrogen and oxygen atoms in total. The molecule has 0 saturated heterocycles. The Morgan fingerprint density at radius 3 is 2.58 bits per heavy atom. The van der Waals surface area contributed by atoms with Crippen LogP contribution in [-0.4, -0.2) is 15.0 Å². The number of aryl methyl sites for hydroxylation is 3. The molecule has 0 atom stereocenters. The summed E-state index contributed by atoms with van der Waals surface area (Å²) in [6.45, 7) is 5.37. The normalized spacial score (nSPS) is 10.2. The van der Waals surface area contributed by atoms with Gasteiger partial charge in [-0.05, 0) is 32.4 Å². The van der Waals surface area contributed by atoms with Crippen LogP contribution < -0.4 is 16.6 Å². The van der Waals surface area contributed by atoms with Crippen molar-refractivity contribution in [1.29, 1.82) is 5.26 Å². The van der Waals surface area contributed by atoms with Crippen LogP contribution in [0.3, 0.4) is 0 Å². The number of amides is 1. The number of benzene rings is 1. The standard InChI is InChI=1S/C17H18N4O3/c1-4-20-9-13(8-18)16(23)21(17(20)24)10-15(22)19-14-6-5-11(2)7-12(14)3/h5-7,9H,4,10H2,1-3H3,(H,19,22). The molecule has 1 aromatic heterocycles. The van der Waals surface area contributed by atoms with Gasteiger partial charge in [0.05, 0.1) is 0 Å². The number of aromatic nitrogens is 2. The van der Waals surface area contributed by atoms with E-state index in [2.05, 4.69) is 5.32 Å². The first-order chi connectivity index (χ1) is 11.4. The van der Waals surface area contributed by atoms with Crippen LogP contribution in [-0.2, 0) is 17.9 Å². The molecule has 24 heavy (non-hydrogen) atoms. The van der Waals surface area contributed by atoms with Gasteiger partial charge in [0.1, 0.15) is 18.2 Å². The number of nitrogens with zero attached hydrogens (tertiary/aromatic N) is 3. The maximum atomic E-state index is 12.2. The predicted molar refractivity (Wildman–Crippen MR) is 89.9 cm³/mol. The lowest BCUT2D eigenvalue weighted by atomic mass is 10.1. The van der Waals surface area contributed by atoms with Crippen molar-refractivity contribution >= 4 is 11.6 Å². The second-order valence-electron chi connectivity index (χ2n) is 5.48. The molecule has 1 heterocycles. The summed E-state index contributed by atoms with van der Waals surface area (Å²) in [6, 6.07) is 7.29. The van der Waals surface area contributed by atoms with Gasteiger partial charge in [-0.1, -0.05) is 17.7 Å². The molecule has 1 amide bonds. The molecule has 0 fully saturated rings. The van der Waals surface area contributed by atoms with Crippen molar-refractivity contribution in [3.8, 4) is 6.07 Å². The SMILES string of the molecule is CCn1cc(C#N)c(=O)n(CC(=O)Nc2ccc(C)cc2C)c1=O. The Balaban J connectivity index is 2.34. The van der Waals surface area contributed by atoms with E-state index in [0.717, 1.165) is 15.7 Å². The van der Waals surface area contributed by atoms with Gasteiger partial charge in [-0.3, -0.25) is 14.2 Å². The smallest absolute Gasteiger partial charge is 0.324 e. The summed E-state index contributed by atoms with van der Waals surface area (Å²) in [5.41, 5.74) is 1.02. The van der Waals surface area contributed by atoms with Gasteiger partial charge in [-0.25, -0.2) is 9.36 Å². The Bertz CT molecular complexity index is 948. The number of nitrogens with one attached hydrogen (secondary N) is 1. The molecule has 2 rings (SSSR count). The summed E-state index contributed by atoms with van der Waals surface area (Å²) < 4.78 is 2.01. The molecule has 124 valence electrons. The molecule has 7 heteroatoms. The summed E-state index contributed by atoms with van der Waals surface area (Å²) in [7, 11) is 0. The zero-order valence-electron chi connectivity index (χ0n) is 13.8. The van der Waals surface area contributed by atoms with Gasteiger partial charge >= 0.3 is 5.69 Å². The highest BCUT2D eigenvalue weighted by Crippen LogP contribution is 2.15. The molecule has 0 aliphatic carbocycles. The molecule has 0 bridgehead atoms. The molecule has 1 N–H and O–H groups in total. The van der Waals surface area contributed by atoms with Crippen molar-refractivity contribution in [3.63, 3.8) is 0 Å². The van der Waals surface area contributed by atoms with E-state index in [1.807, 2.05) is 26.0 Å². The van der Waals surface area contributed by atoms with Crippen LogP contribution in [0, 0.1) is 25.2 Å². The highest BCUT2D eigenvalue weighted by Gasteiger charge is 2.14. The monoisotopic (exact) mass is 326 g/mol. The van der Waals surface area contributed by atoms with Crippen LogP contribution >= 0.6 is 0 Å². The van der Waals surface area contributed by atoms with Gasteiger partial charge in [0.2, 0.25) is 5.91 Å². The van der Waals surface area contributed by atoms with Crippen molar-refractivity contribution in [1.82, 2.24) is 9.13 Å². The quantitative estimate of drug-likeness (QED) is 0.911. The summed E-state index contributed by atoms with van der Waals surface area (Å²) in [5, 5.41) is 11.7. The van der Waals surface area contributed by atoms with Crippen LogP contribution in [0.1, 0.15) is 23.6 Å². The largest absolute Gasteiger partial charge is 0.331 e. The fourth-order valence-corrected chi connectivity index (χ4v) is 2.38. The third-order valence-corrected chi connectivity index (χ3v) is 3.66. The van der Waals surface area contributed by atoms with Gasteiger partial charge in [0.15, 0.2) is 0 Å². The second-order valence-corrected chi connectivity index (χ2v) is 5.48. The number of anilines is 1. The summed E-state index contributed by atoms with van der Waals surface area (Å²) in [5.74, 6) is -0.501. The lowest BCUT2D eigenvalue weighted by molar-refractivity contribution is -0.116. The molecule has 0 aliphatic heterocycles. The van der Waals surface area contributed by atoms with E-state index in [0.29, 0.717) is 12.2 Å². The van der Waals surface area contributed by atoms with E-state index in [9.17, 15) is 14.4 Å². The Morgan fingerprint density at radius 2 is 2.00 bits per heavy atom. The lowest BCUT2D eigenvalue weighted by Gasteiger charge is -2.11. The minimum absolute atomic E-state index is 0.171. The highest BCUT2D eigenvalue weighted by atomic mass is 16.2. The third kappa shape index (κ3) is 3.43. The van der Waals surface area contributed by atoms with Crippen LogP contribution in [0.25, 0.3) is 0 Å². The van der Waals surface area contributed by atoms with E-state index >= 15 is 0 Å². The minimum Gasteiger partial charge on any atom is -0.324 e. The fourth-order valence-electron chi connectivity index (χ4n) is 2.38. The van der Waals surface area contributed by atoms with Crippen LogP contribution in [0.15, 0.2) is 34.0 Å². The first kappa shape index (κ1) is 17.2. The number of carbonyl (C=O) groups is 1. The zero-order chi connectivity index (χ0) is 17.9. The van der Waals surface area contributed by atoms with Crippen LogP contribution in [0.5, 0.6) is 0 Å². The first-order valence-corrected chi connectivity index (χ1v) is 7.48. The van der Waals surface area contributed by atoms with E-state index in [1.165, 1.54) is 10.8 Å². The van der Waals surface area contributed by atoms with Gasteiger partial charge in [0, 0.05) is 18.4 Å². The van der Waals surface area contributed by atoms with Crippen LogP contribution in [0.2, 0.25) is 0 Å². The maximum Gasteiger partial charge on any atom is 0.331 e. The molecule has 1 aromatic carbocycles. The number of carbonyl (C=O) groups excluding carboxylic acids is 1. The second kappa shape index (κ2) is 6.96. The molecule has 0 spiro atoms. The zero-order valence-corrected chi connectivity index (χ0v) is 13.8. The Kier molecular flexibility index (Phi) is 4.99. The van der Waals surface area contributed by atoms with Gasteiger partial charge in [-0.15, -0.1) is 0 Å². The van der Waals surface area contributed by atoms with E-state index < -0.39 is 23.7 Å². The minimum atomic E-state index is -0.761. The highest BCUT2D eigenvalue weighted by molar-refractivity contribution is 5.91. The summed E-state index contributed by atoms with van der Waals surface area (Å²) in [6.07, 6.45) is 1.21. The van der Waals surface area contributed by atoms with Crippen LogP contribution in [0.4, 0.5) is 5.69 Å². The molecular weight excluding hydrogens is 308 g/mol. The molecule has 0 saturated carbocycles. The van der Waals surface area contributed by atoms with Crippen molar-refractivity contribution in [2.45, 2.75) is 33.9 Å². The maximum absolute atomic E-state index is 12.2. The molecular formula is C17H18N4O3. The Hall–Kier alpha value is -3.14. The first-order valence-electron chi connectivity index (χ1n) is 7.48. The fraction of sp³-hybridized carbons (Fsp3) is 0.294. The summed E-state index contributed by atoms with van der Waals surface area (Å²) >= 11 is 0. The van der Waals surface area contributed by atoms with E-state index in [4.69, 9.17) is 5.26 Å². The Morgan fingerprint density at radius 1 is 1.29 bits per heavy atom. The molecule has 0 aliphatic rings. The predicted octanol–water partition coefficient (Wildman–Crippen LogP) is 1.16. The van der Waals surface area contributed by atoms with Gasteiger partial charge in [-0.2, -0.15) is 5.26 Å². The summed E-state index contributed by atoms with van der Waals surface area (Å²) in [4.78, 5) is 36.6.